The van der Waals surface area contributed by atoms with Gasteiger partial charge < -0.3 is 0 Å². The molecule has 0 N–H and O–H groups in total. The van der Waals surface area contributed by atoms with Crippen LogP contribution in [0.5, 0.6) is 0 Å². The summed E-state index contributed by atoms with van der Waals surface area (Å²) in [4.78, 5) is 0. The summed E-state index contributed by atoms with van der Waals surface area (Å²) in [5.74, 6) is 0. The van der Waals surface area contributed by atoms with E-state index in [2.05, 4.69) is 53.8 Å². The van der Waals surface area contributed by atoms with Crippen molar-refractivity contribution in [1.29, 1.82) is 0 Å². The molecule has 1 heteroatoms. The van der Waals surface area contributed by atoms with E-state index in [1.807, 2.05) is 0 Å². The predicted octanol–water partition coefficient (Wildman–Crippen LogP) is 2.97. The molecule has 0 aliphatic heterocycles. The Morgan fingerprint density at radius 2 is 1.80 bits per heavy atom. The third-order valence-corrected chi connectivity index (χ3v) is 2.04. The fraction of sp³-hybridized carbons (Fsp3) is 0.333. The van der Waals surface area contributed by atoms with Crippen LogP contribution in [0.15, 0.2) is 24.3 Å². The molecule has 54 valence electrons. The van der Waals surface area contributed by atoms with Crippen LogP contribution in [0.2, 0.25) is 0 Å². The fourth-order valence-electron chi connectivity index (χ4n) is 0.864. The normalized spacial score (nSPS) is 9.80. The summed E-state index contributed by atoms with van der Waals surface area (Å²) in [6.45, 7) is 2.12. The van der Waals surface area contributed by atoms with Gasteiger partial charge in [-0.05, 0) is 18.9 Å². The molecular formula is C9H11I. The highest BCUT2D eigenvalue weighted by atomic mass is 127. The minimum atomic E-state index is 1.20. The quantitative estimate of drug-likeness (QED) is 0.556. The first-order valence-electron chi connectivity index (χ1n) is 3.44. The van der Waals surface area contributed by atoms with Crippen molar-refractivity contribution in [3.8, 4) is 0 Å². The van der Waals surface area contributed by atoms with Crippen molar-refractivity contribution in [3.05, 3.63) is 35.4 Å². The fourth-order valence-corrected chi connectivity index (χ4v) is 1.49. The summed E-state index contributed by atoms with van der Waals surface area (Å²) in [5.41, 5.74) is 2.79. The zero-order chi connectivity index (χ0) is 7.40. The van der Waals surface area contributed by atoms with Crippen LogP contribution in [0, 0.1) is 6.92 Å². The number of alkyl halides is 1. The second-order valence-corrected chi connectivity index (χ2v) is 3.50. The summed E-state index contributed by atoms with van der Waals surface area (Å²) < 4.78 is 1.21. The summed E-state index contributed by atoms with van der Waals surface area (Å²) in [6.07, 6.45) is 1.20. The Hall–Kier alpha value is -0.0500. The smallest absolute Gasteiger partial charge is 0.00358 e. The first-order chi connectivity index (χ1) is 4.83. The summed E-state index contributed by atoms with van der Waals surface area (Å²) in [6, 6.07) is 8.74. The Morgan fingerprint density at radius 3 is 2.30 bits per heavy atom. The van der Waals surface area contributed by atoms with E-state index in [4.69, 9.17) is 0 Å². The highest BCUT2D eigenvalue weighted by Gasteiger charge is 1.88. The van der Waals surface area contributed by atoms with Crippen molar-refractivity contribution in [2.45, 2.75) is 13.3 Å². The van der Waals surface area contributed by atoms with E-state index in [-0.39, 0.29) is 0 Å². The lowest BCUT2D eigenvalue weighted by Crippen LogP contribution is -1.84. The second kappa shape index (κ2) is 3.96. The van der Waals surface area contributed by atoms with Crippen LogP contribution in [0.25, 0.3) is 0 Å². The van der Waals surface area contributed by atoms with E-state index in [1.165, 1.54) is 22.0 Å². The lowest BCUT2D eigenvalue weighted by molar-refractivity contribution is 1.17. The van der Waals surface area contributed by atoms with Crippen LogP contribution < -0.4 is 0 Å². The molecule has 0 fully saturated rings. The minimum absolute atomic E-state index is 1.20. The highest BCUT2D eigenvalue weighted by molar-refractivity contribution is 14.1. The highest BCUT2D eigenvalue weighted by Crippen LogP contribution is 2.04. The van der Waals surface area contributed by atoms with Gasteiger partial charge in [0.25, 0.3) is 0 Å². The average Bonchev–Trinajstić information content (AvgIpc) is 1.95. The van der Waals surface area contributed by atoms with E-state index in [0.29, 0.717) is 0 Å². The molecule has 0 aromatic heterocycles. The van der Waals surface area contributed by atoms with Crippen LogP contribution in [0.3, 0.4) is 0 Å². The lowest BCUT2D eigenvalue weighted by Gasteiger charge is -1.96. The molecule has 0 unspecified atom stereocenters. The molecule has 0 radical (unpaired) electrons. The van der Waals surface area contributed by atoms with Gasteiger partial charge in [-0.3, -0.25) is 0 Å². The largest absolute Gasteiger partial charge is 0.0860 e. The van der Waals surface area contributed by atoms with Crippen LogP contribution in [0.1, 0.15) is 11.1 Å². The van der Waals surface area contributed by atoms with E-state index >= 15 is 0 Å². The van der Waals surface area contributed by atoms with Gasteiger partial charge in [0.1, 0.15) is 0 Å². The zero-order valence-electron chi connectivity index (χ0n) is 6.10. The van der Waals surface area contributed by atoms with Gasteiger partial charge in [0, 0.05) is 4.43 Å². The molecule has 0 atom stereocenters. The van der Waals surface area contributed by atoms with Gasteiger partial charge in [-0.15, -0.1) is 0 Å². The second-order valence-electron chi connectivity index (χ2n) is 2.42. The van der Waals surface area contributed by atoms with E-state index < -0.39 is 0 Å². The molecule has 0 nitrogen and oxygen atoms in total. The van der Waals surface area contributed by atoms with Gasteiger partial charge in [-0.2, -0.15) is 0 Å². The number of rotatable bonds is 2. The zero-order valence-corrected chi connectivity index (χ0v) is 8.26. The third kappa shape index (κ3) is 2.29. The van der Waals surface area contributed by atoms with Crippen molar-refractivity contribution >= 4 is 22.6 Å². The lowest BCUT2D eigenvalue weighted by atomic mass is 10.1. The van der Waals surface area contributed by atoms with Crippen molar-refractivity contribution in [2.75, 3.05) is 4.43 Å². The van der Waals surface area contributed by atoms with Crippen LogP contribution in [-0.4, -0.2) is 4.43 Å². The molecule has 1 rings (SSSR count). The molecule has 0 amide bonds. The maximum absolute atomic E-state index is 2.40. The third-order valence-electron chi connectivity index (χ3n) is 1.50. The molecule has 0 aliphatic rings. The average molecular weight is 246 g/mol. The molecule has 0 aliphatic carbocycles. The Bertz CT molecular complexity index is 188. The van der Waals surface area contributed by atoms with Crippen molar-refractivity contribution in [3.63, 3.8) is 0 Å². The molecule has 0 bridgehead atoms. The van der Waals surface area contributed by atoms with Gasteiger partial charge >= 0.3 is 0 Å². The Labute approximate surface area is 75.8 Å². The van der Waals surface area contributed by atoms with Gasteiger partial charge in [-0.25, -0.2) is 0 Å². The molecule has 10 heavy (non-hydrogen) atoms. The van der Waals surface area contributed by atoms with Crippen LogP contribution in [0.4, 0.5) is 0 Å². The van der Waals surface area contributed by atoms with Crippen molar-refractivity contribution in [1.82, 2.24) is 0 Å². The molecule has 0 spiro atoms. The van der Waals surface area contributed by atoms with E-state index in [9.17, 15) is 0 Å². The SMILES string of the molecule is Cc1ccc(CCI)cc1. The monoisotopic (exact) mass is 246 g/mol. The van der Waals surface area contributed by atoms with Gasteiger partial charge in [0.05, 0.1) is 0 Å². The van der Waals surface area contributed by atoms with Gasteiger partial charge in [0.2, 0.25) is 0 Å². The number of benzene rings is 1. The standard InChI is InChI=1S/C9H11I/c1-8-2-4-9(5-3-8)6-7-10/h2-5H,6-7H2,1H3. The molecular weight excluding hydrogens is 235 g/mol. The summed E-state index contributed by atoms with van der Waals surface area (Å²) in [5, 5.41) is 0. The summed E-state index contributed by atoms with van der Waals surface area (Å²) in [7, 11) is 0. The Kier molecular flexibility index (Phi) is 3.19. The number of halogens is 1. The Balaban J connectivity index is 2.69. The van der Waals surface area contributed by atoms with Crippen LogP contribution >= 0.6 is 22.6 Å². The molecule has 0 saturated heterocycles. The van der Waals surface area contributed by atoms with Gasteiger partial charge in [-0.1, -0.05) is 52.4 Å². The first kappa shape index (κ1) is 8.05. The minimum Gasteiger partial charge on any atom is -0.0860 e. The van der Waals surface area contributed by atoms with Crippen molar-refractivity contribution in [2.24, 2.45) is 0 Å². The molecule has 0 heterocycles. The first-order valence-corrected chi connectivity index (χ1v) is 4.97. The number of hydrogen-bond acceptors (Lipinski definition) is 0. The van der Waals surface area contributed by atoms with E-state index in [0.717, 1.165) is 0 Å². The molecule has 1 aromatic carbocycles. The maximum atomic E-state index is 2.40. The van der Waals surface area contributed by atoms with Crippen LogP contribution in [-0.2, 0) is 6.42 Å². The Morgan fingerprint density at radius 1 is 1.20 bits per heavy atom. The van der Waals surface area contributed by atoms with Crippen molar-refractivity contribution < 1.29 is 0 Å². The summed E-state index contributed by atoms with van der Waals surface area (Å²) >= 11 is 2.40. The van der Waals surface area contributed by atoms with Gasteiger partial charge in [0.15, 0.2) is 0 Å². The molecule has 0 saturated carbocycles. The maximum Gasteiger partial charge on any atom is 0.00358 e. The topological polar surface area (TPSA) is 0 Å². The predicted molar refractivity (Wildman–Crippen MR) is 53.8 cm³/mol. The number of aryl methyl sites for hydroxylation is 2. The van der Waals surface area contributed by atoms with E-state index in [1.54, 1.807) is 0 Å². The number of hydrogen-bond donors (Lipinski definition) is 0. The molecule has 1 aromatic rings.